The van der Waals surface area contributed by atoms with Crippen molar-refractivity contribution in [3.8, 4) is 0 Å². The molecule has 1 aromatic heterocycles. The van der Waals surface area contributed by atoms with E-state index in [9.17, 15) is 14.7 Å². The summed E-state index contributed by atoms with van der Waals surface area (Å²) >= 11 is 0. The molecule has 4 aliphatic rings. The van der Waals surface area contributed by atoms with Crippen LogP contribution in [0.25, 0.3) is 0 Å². The van der Waals surface area contributed by atoms with Crippen molar-refractivity contribution in [2.75, 3.05) is 48.1 Å². The van der Waals surface area contributed by atoms with E-state index < -0.39 is 37.1 Å². The first-order valence-electron chi connectivity index (χ1n) is 16.7. The smallest absolute Gasteiger partial charge is 0.264 e. The summed E-state index contributed by atoms with van der Waals surface area (Å²) in [7, 11) is -1.59. The van der Waals surface area contributed by atoms with E-state index in [1.165, 1.54) is 0 Å². The van der Waals surface area contributed by atoms with E-state index in [1.807, 2.05) is 48.2 Å². The lowest BCUT2D eigenvalue weighted by atomic mass is 9.82. The Kier molecular flexibility index (Phi) is 8.01. The van der Waals surface area contributed by atoms with Gasteiger partial charge in [0.1, 0.15) is 5.54 Å². The fraction of sp³-hybridized carbons (Fsp3) is 0.529. The van der Waals surface area contributed by atoms with Crippen molar-refractivity contribution in [3.05, 3.63) is 66.0 Å². The van der Waals surface area contributed by atoms with Crippen LogP contribution in [-0.2, 0) is 32.9 Å². The van der Waals surface area contributed by atoms with Crippen molar-refractivity contribution in [3.63, 3.8) is 0 Å². The number of anilines is 3. The van der Waals surface area contributed by atoms with Crippen molar-refractivity contribution < 1.29 is 23.5 Å². The zero-order valence-corrected chi connectivity index (χ0v) is 28.5. The maximum absolute atomic E-state index is 16.3. The van der Waals surface area contributed by atoms with Crippen LogP contribution >= 0.6 is 0 Å². The summed E-state index contributed by atoms with van der Waals surface area (Å²) in [5.74, 6) is -0.587. The molecule has 4 aliphatic heterocycles. The van der Waals surface area contributed by atoms with Gasteiger partial charge in [0.2, 0.25) is 8.41 Å². The molecule has 0 radical (unpaired) electrons. The minimum Gasteiger partial charge on any atom is -0.396 e. The molecule has 2 amide bonds. The number of para-hydroxylation sites is 1. The molecule has 7 rings (SSSR count). The van der Waals surface area contributed by atoms with Gasteiger partial charge in [0.25, 0.3) is 11.8 Å². The first-order valence-corrected chi connectivity index (χ1v) is 19.6. The largest absolute Gasteiger partial charge is 0.396 e. The number of aromatic nitrogens is 3. The normalized spacial score (nSPS) is 27.1. The van der Waals surface area contributed by atoms with Gasteiger partial charge in [-0.05, 0) is 75.8 Å². The Bertz CT molecular complexity index is 1660. The predicted octanol–water partition coefficient (Wildman–Crippen LogP) is 3.59. The zero-order chi connectivity index (χ0) is 33.1. The summed E-state index contributed by atoms with van der Waals surface area (Å²) in [5, 5.41) is 21.0. The summed E-state index contributed by atoms with van der Waals surface area (Å²) in [6, 6.07) is 15.8. The van der Waals surface area contributed by atoms with Gasteiger partial charge < -0.3 is 29.1 Å². The molecule has 250 valence electrons. The first-order chi connectivity index (χ1) is 22.5. The Labute approximate surface area is 275 Å². The van der Waals surface area contributed by atoms with Crippen LogP contribution in [0, 0.1) is 5.92 Å². The zero-order valence-electron chi connectivity index (χ0n) is 27.5. The standard InChI is InChI=1S/C34H44FN7O4Si/c1-23-30(47(3,4)35)29(12-18-40-21-24(13-19-43)37-38-40)46-34(23)27-20-26(10-11-28(27)39(2)32(34)45)41-22-42(25-8-6-5-7-9-25)33(31(41)44)14-16-36-17-15-33/h5-11,20-21,23,29-30,36,43H,12-19,22H2,1-4H3/t23-,29+,30-,34+/m0/s1. The molecule has 2 aromatic carbocycles. The molecule has 47 heavy (non-hydrogen) atoms. The predicted molar refractivity (Wildman–Crippen MR) is 179 cm³/mol. The second kappa shape index (κ2) is 11.8. The van der Waals surface area contributed by atoms with Gasteiger partial charge in [-0.1, -0.05) is 30.3 Å². The number of likely N-dealkylation sites (N-methyl/N-ethyl adjacent to an activating group) is 1. The summed E-state index contributed by atoms with van der Waals surface area (Å²) in [6.45, 7) is 7.66. The van der Waals surface area contributed by atoms with Gasteiger partial charge >= 0.3 is 0 Å². The van der Waals surface area contributed by atoms with E-state index in [4.69, 9.17) is 4.74 Å². The van der Waals surface area contributed by atoms with E-state index in [0.717, 1.165) is 24.5 Å². The Hall–Kier alpha value is -3.65. The van der Waals surface area contributed by atoms with Crippen LogP contribution < -0.4 is 20.0 Å². The number of carbonyl (C=O) groups excluding carboxylic acids is 2. The fourth-order valence-corrected chi connectivity index (χ4v) is 11.2. The number of nitrogens with one attached hydrogen (secondary N) is 1. The van der Waals surface area contributed by atoms with E-state index in [-0.39, 0.29) is 18.4 Å². The van der Waals surface area contributed by atoms with Gasteiger partial charge in [-0.15, -0.1) is 5.10 Å². The van der Waals surface area contributed by atoms with Crippen molar-refractivity contribution in [1.82, 2.24) is 20.3 Å². The molecule has 3 aromatic rings. The molecule has 0 unspecified atom stereocenters. The van der Waals surface area contributed by atoms with Gasteiger partial charge in [0, 0.05) is 61.2 Å². The number of aliphatic hydroxyl groups is 1. The molecule has 2 N–H and O–H groups in total. The molecule has 0 saturated carbocycles. The molecule has 0 aliphatic carbocycles. The molecular formula is C34H44FN7O4Si. The Balaban J connectivity index is 1.25. The number of nitrogens with zero attached hydrogens (tertiary/aromatic N) is 6. The van der Waals surface area contributed by atoms with E-state index in [2.05, 4.69) is 32.7 Å². The average molecular weight is 662 g/mol. The highest BCUT2D eigenvalue weighted by Crippen LogP contribution is 2.60. The van der Waals surface area contributed by atoms with Crippen molar-refractivity contribution in [1.29, 1.82) is 0 Å². The number of aliphatic hydroxyl groups excluding tert-OH is 1. The molecule has 2 spiro atoms. The summed E-state index contributed by atoms with van der Waals surface area (Å²) in [6.07, 6.45) is 3.52. The van der Waals surface area contributed by atoms with Crippen LogP contribution in [-0.4, -0.2) is 85.4 Å². The average Bonchev–Trinajstić information content (AvgIpc) is 3.77. The highest BCUT2D eigenvalue weighted by molar-refractivity contribution is 6.72. The number of fused-ring (bicyclic) bond motifs is 2. The molecule has 3 fully saturated rings. The van der Waals surface area contributed by atoms with Crippen molar-refractivity contribution in [2.24, 2.45) is 5.92 Å². The first kappa shape index (κ1) is 31.9. The lowest BCUT2D eigenvalue weighted by molar-refractivity contribution is -0.145. The number of hydrogen-bond donors (Lipinski definition) is 2. The summed E-state index contributed by atoms with van der Waals surface area (Å²) < 4.78 is 24.8. The Morgan fingerprint density at radius 1 is 1.09 bits per heavy atom. The number of halogens is 1. The summed E-state index contributed by atoms with van der Waals surface area (Å²) in [4.78, 5) is 34.4. The third-order valence-electron chi connectivity index (χ3n) is 10.9. The minimum absolute atomic E-state index is 0.0172. The number of amides is 2. The van der Waals surface area contributed by atoms with Gasteiger partial charge in [-0.2, -0.15) is 0 Å². The maximum Gasteiger partial charge on any atom is 0.264 e. The van der Waals surface area contributed by atoms with Crippen LogP contribution in [0.15, 0.2) is 54.7 Å². The second-order valence-corrected chi connectivity index (χ2v) is 17.8. The van der Waals surface area contributed by atoms with Crippen LogP contribution in [0.1, 0.15) is 37.4 Å². The lowest BCUT2D eigenvalue weighted by Crippen LogP contribution is -2.55. The number of ether oxygens (including phenoxy) is 1. The third kappa shape index (κ3) is 5.01. The highest BCUT2D eigenvalue weighted by atomic mass is 28.4. The van der Waals surface area contributed by atoms with Gasteiger partial charge in [-0.3, -0.25) is 19.2 Å². The van der Waals surface area contributed by atoms with Crippen molar-refractivity contribution in [2.45, 2.75) is 75.0 Å². The molecule has 4 atom stereocenters. The molecule has 13 heteroatoms. The fourth-order valence-electron chi connectivity index (χ4n) is 8.68. The van der Waals surface area contributed by atoms with Gasteiger partial charge in [0.05, 0.1) is 24.2 Å². The van der Waals surface area contributed by atoms with Gasteiger partial charge in [0.15, 0.2) is 5.60 Å². The van der Waals surface area contributed by atoms with Crippen LogP contribution in [0.2, 0.25) is 18.6 Å². The molecule has 3 saturated heterocycles. The quantitative estimate of drug-likeness (QED) is 0.278. The third-order valence-corrected chi connectivity index (χ3v) is 13.4. The monoisotopic (exact) mass is 661 g/mol. The van der Waals surface area contributed by atoms with Crippen LogP contribution in [0.4, 0.5) is 21.2 Å². The van der Waals surface area contributed by atoms with E-state index >= 15 is 4.11 Å². The number of carbonyl (C=O) groups is 2. The second-order valence-electron chi connectivity index (χ2n) is 14.0. The molecule has 11 nitrogen and oxygen atoms in total. The van der Waals surface area contributed by atoms with Crippen LogP contribution in [0.5, 0.6) is 0 Å². The number of benzene rings is 2. The SMILES string of the molecule is C[C@H]1[C@H]([Si](C)(C)F)[C@@H](CCn2cc(CCO)nn2)O[C@]12C(=O)N(C)c1ccc(N3CN(c4ccccc4)C4(CCNCC4)C3=O)cc12. The number of piperidine rings is 1. The number of hydrogen-bond acceptors (Lipinski definition) is 8. The molecule has 0 bridgehead atoms. The van der Waals surface area contributed by atoms with E-state index in [0.29, 0.717) is 55.8 Å². The minimum atomic E-state index is -3.34. The molecule has 5 heterocycles. The topological polar surface area (TPSA) is 116 Å². The lowest BCUT2D eigenvalue weighted by Gasteiger charge is -2.39. The Morgan fingerprint density at radius 3 is 2.53 bits per heavy atom. The van der Waals surface area contributed by atoms with Gasteiger partial charge in [-0.25, -0.2) is 0 Å². The van der Waals surface area contributed by atoms with Crippen LogP contribution in [0.3, 0.4) is 0 Å². The van der Waals surface area contributed by atoms with E-state index in [1.54, 1.807) is 35.9 Å². The molecular weight excluding hydrogens is 618 g/mol. The van der Waals surface area contributed by atoms with Crippen molar-refractivity contribution >= 4 is 37.3 Å². The highest BCUT2D eigenvalue weighted by Gasteiger charge is 2.66. The Morgan fingerprint density at radius 2 is 1.83 bits per heavy atom. The number of aryl methyl sites for hydroxylation is 1. The maximum atomic E-state index is 16.3. The summed E-state index contributed by atoms with van der Waals surface area (Å²) in [5.41, 5.74) is 1.32. The number of rotatable bonds is 8.